The molecule has 1 unspecified atom stereocenters. The Balaban J connectivity index is 3.17. The standard InChI is InChI=1S/C9H12BrNO3/c1-14-9-2-5(8(13)4-11)7(12)3-6(9)10/h2-3,8,12-13H,4,11H2,1H3. The molecule has 0 saturated heterocycles. The van der Waals surface area contributed by atoms with Crippen molar-refractivity contribution in [2.45, 2.75) is 6.10 Å². The predicted molar refractivity (Wildman–Crippen MR) is 56.4 cm³/mol. The van der Waals surface area contributed by atoms with Gasteiger partial charge in [-0.05, 0) is 28.1 Å². The number of aliphatic hydroxyl groups is 1. The number of halogens is 1. The lowest BCUT2D eigenvalue weighted by molar-refractivity contribution is 0.182. The molecule has 78 valence electrons. The number of methoxy groups -OCH3 is 1. The first kappa shape index (κ1) is 11.3. The van der Waals surface area contributed by atoms with E-state index in [4.69, 9.17) is 10.5 Å². The maximum atomic E-state index is 9.51. The molecule has 1 rings (SSSR count). The Bertz CT molecular complexity index is 330. The number of aromatic hydroxyl groups is 1. The van der Waals surface area contributed by atoms with Crippen LogP contribution in [-0.4, -0.2) is 23.9 Å². The Morgan fingerprint density at radius 2 is 2.21 bits per heavy atom. The molecule has 1 aromatic rings. The van der Waals surface area contributed by atoms with Crippen molar-refractivity contribution in [2.24, 2.45) is 5.73 Å². The van der Waals surface area contributed by atoms with Crippen molar-refractivity contribution in [3.05, 3.63) is 22.2 Å². The van der Waals surface area contributed by atoms with E-state index >= 15 is 0 Å². The first-order valence-electron chi connectivity index (χ1n) is 4.04. The van der Waals surface area contributed by atoms with Crippen molar-refractivity contribution in [1.82, 2.24) is 0 Å². The van der Waals surface area contributed by atoms with Gasteiger partial charge >= 0.3 is 0 Å². The van der Waals surface area contributed by atoms with Gasteiger partial charge in [0.15, 0.2) is 0 Å². The fraction of sp³-hybridized carbons (Fsp3) is 0.333. The summed E-state index contributed by atoms with van der Waals surface area (Å²) >= 11 is 3.21. The molecule has 4 nitrogen and oxygen atoms in total. The maximum Gasteiger partial charge on any atom is 0.133 e. The number of ether oxygens (including phenoxy) is 1. The van der Waals surface area contributed by atoms with Crippen molar-refractivity contribution in [1.29, 1.82) is 0 Å². The van der Waals surface area contributed by atoms with Gasteiger partial charge in [-0.25, -0.2) is 0 Å². The topological polar surface area (TPSA) is 75.7 Å². The van der Waals surface area contributed by atoms with Gasteiger partial charge in [0, 0.05) is 12.1 Å². The van der Waals surface area contributed by atoms with Gasteiger partial charge in [-0.3, -0.25) is 0 Å². The first-order chi connectivity index (χ1) is 6.60. The molecule has 5 heteroatoms. The summed E-state index contributed by atoms with van der Waals surface area (Å²) in [6, 6.07) is 3.02. The molecule has 1 aromatic carbocycles. The van der Waals surface area contributed by atoms with Crippen LogP contribution >= 0.6 is 15.9 Å². The van der Waals surface area contributed by atoms with E-state index in [1.54, 1.807) is 6.07 Å². The van der Waals surface area contributed by atoms with Crippen LogP contribution in [0.15, 0.2) is 16.6 Å². The van der Waals surface area contributed by atoms with Gasteiger partial charge in [-0.1, -0.05) is 0 Å². The van der Waals surface area contributed by atoms with Crippen LogP contribution < -0.4 is 10.5 Å². The van der Waals surface area contributed by atoms with Gasteiger partial charge in [0.25, 0.3) is 0 Å². The molecule has 0 aliphatic carbocycles. The summed E-state index contributed by atoms with van der Waals surface area (Å²) in [6.45, 7) is 0.0539. The molecule has 0 aromatic heterocycles. The Hall–Kier alpha value is -0.780. The summed E-state index contributed by atoms with van der Waals surface area (Å²) in [6.07, 6.45) is -0.878. The largest absolute Gasteiger partial charge is 0.508 e. The zero-order valence-corrected chi connectivity index (χ0v) is 9.28. The third kappa shape index (κ3) is 2.17. The predicted octanol–water partition coefficient (Wildman–Crippen LogP) is 1.16. The zero-order valence-electron chi connectivity index (χ0n) is 7.70. The van der Waals surface area contributed by atoms with E-state index in [1.807, 2.05) is 0 Å². The van der Waals surface area contributed by atoms with Crippen LogP contribution in [0.1, 0.15) is 11.7 Å². The summed E-state index contributed by atoms with van der Waals surface area (Å²) in [5.74, 6) is 0.543. The fourth-order valence-electron chi connectivity index (χ4n) is 1.11. The SMILES string of the molecule is COc1cc(C(O)CN)c(O)cc1Br. The van der Waals surface area contributed by atoms with E-state index in [1.165, 1.54) is 13.2 Å². The molecule has 0 fully saturated rings. The van der Waals surface area contributed by atoms with Crippen molar-refractivity contribution in [2.75, 3.05) is 13.7 Å². The summed E-state index contributed by atoms with van der Waals surface area (Å²) in [4.78, 5) is 0. The third-order valence-corrected chi connectivity index (χ3v) is 2.50. The lowest BCUT2D eigenvalue weighted by Gasteiger charge is -2.12. The number of phenolic OH excluding ortho intramolecular Hbond substituents is 1. The van der Waals surface area contributed by atoms with Crippen molar-refractivity contribution < 1.29 is 14.9 Å². The van der Waals surface area contributed by atoms with E-state index in [0.29, 0.717) is 15.8 Å². The summed E-state index contributed by atoms with van der Waals surface area (Å²) in [7, 11) is 1.51. The highest BCUT2D eigenvalue weighted by Crippen LogP contribution is 2.34. The molecule has 0 heterocycles. The highest BCUT2D eigenvalue weighted by Gasteiger charge is 2.14. The summed E-state index contributed by atoms with van der Waals surface area (Å²) in [5.41, 5.74) is 5.66. The van der Waals surface area contributed by atoms with Gasteiger partial charge in [0.05, 0.1) is 17.7 Å². The number of aliphatic hydroxyl groups excluding tert-OH is 1. The quantitative estimate of drug-likeness (QED) is 0.763. The minimum Gasteiger partial charge on any atom is -0.508 e. The van der Waals surface area contributed by atoms with Crippen LogP contribution in [0.5, 0.6) is 11.5 Å². The average Bonchev–Trinajstić information content (AvgIpc) is 2.17. The number of rotatable bonds is 3. The van der Waals surface area contributed by atoms with Gasteiger partial charge in [-0.2, -0.15) is 0 Å². The first-order valence-corrected chi connectivity index (χ1v) is 4.84. The normalized spacial score (nSPS) is 12.6. The van der Waals surface area contributed by atoms with Crippen molar-refractivity contribution in [3.8, 4) is 11.5 Å². The van der Waals surface area contributed by atoms with Crippen LogP contribution in [0.3, 0.4) is 0 Å². The zero-order chi connectivity index (χ0) is 10.7. The van der Waals surface area contributed by atoms with Crippen LogP contribution in [0, 0.1) is 0 Å². The molecule has 0 bridgehead atoms. The average molecular weight is 262 g/mol. The number of benzene rings is 1. The summed E-state index contributed by atoms with van der Waals surface area (Å²) in [5, 5.41) is 19.0. The second-order valence-electron chi connectivity index (χ2n) is 2.80. The second-order valence-corrected chi connectivity index (χ2v) is 3.65. The number of hydrogen-bond donors (Lipinski definition) is 3. The van der Waals surface area contributed by atoms with Crippen LogP contribution in [0.25, 0.3) is 0 Å². The Kier molecular flexibility index (Phi) is 3.74. The minimum absolute atomic E-state index is 0.00405. The van der Waals surface area contributed by atoms with Crippen molar-refractivity contribution in [3.63, 3.8) is 0 Å². The highest BCUT2D eigenvalue weighted by atomic mass is 79.9. The van der Waals surface area contributed by atoms with Crippen LogP contribution in [-0.2, 0) is 0 Å². The van der Waals surface area contributed by atoms with E-state index in [9.17, 15) is 10.2 Å². The molecule has 0 aliphatic heterocycles. The number of nitrogens with two attached hydrogens (primary N) is 1. The highest BCUT2D eigenvalue weighted by molar-refractivity contribution is 9.10. The van der Waals surface area contributed by atoms with Gasteiger partial charge in [0.1, 0.15) is 11.5 Å². The molecule has 0 amide bonds. The van der Waals surface area contributed by atoms with Crippen molar-refractivity contribution >= 4 is 15.9 Å². The molecular weight excluding hydrogens is 250 g/mol. The molecule has 0 aliphatic rings. The van der Waals surface area contributed by atoms with E-state index in [2.05, 4.69) is 15.9 Å². The molecule has 14 heavy (non-hydrogen) atoms. The van der Waals surface area contributed by atoms with E-state index < -0.39 is 6.10 Å². The number of phenols is 1. The molecule has 0 saturated carbocycles. The maximum absolute atomic E-state index is 9.51. The Labute approximate surface area is 90.4 Å². The molecule has 0 spiro atoms. The van der Waals surface area contributed by atoms with Gasteiger partial charge < -0.3 is 20.7 Å². The summed E-state index contributed by atoms with van der Waals surface area (Å²) < 4.78 is 5.66. The Morgan fingerprint density at radius 1 is 1.57 bits per heavy atom. The molecule has 0 radical (unpaired) electrons. The van der Waals surface area contributed by atoms with Gasteiger partial charge in [-0.15, -0.1) is 0 Å². The fourth-order valence-corrected chi connectivity index (χ4v) is 1.60. The number of hydrogen-bond acceptors (Lipinski definition) is 4. The van der Waals surface area contributed by atoms with Gasteiger partial charge in [0.2, 0.25) is 0 Å². The molecular formula is C9H12BrNO3. The monoisotopic (exact) mass is 261 g/mol. The smallest absolute Gasteiger partial charge is 0.133 e. The lowest BCUT2D eigenvalue weighted by Crippen LogP contribution is -2.11. The van der Waals surface area contributed by atoms with E-state index in [-0.39, 0.29) is 12.3 Å². The lowest BCUT2D eigenvalue weighted by atomic mass is 10.1. The van der Waals surface area contributed by atoms with Crippen LogP contribution in [0.2, 0.25) is 0 Å². The third-order valence-electron chi connectivity index (χ3n) is 1.88. The van der Waals surface area contributed by atoms with E-state index in [0.717, 1.165) is 0 Å². The second kappa shape index (κ2) is 4.63. The molecule has 4 N–H and O–H groups in total. The van der Waals surface area contributed by atoms with Crippen LogP contribution in [0.4, 0.5) is 0 Å². The molecule has 1 atom stereocenters. The Morgan fingerprint density at radius 3 is 2.71 bits per heavy atom. The minimum atomic E-state index is -0.878.